The fourth-order valence-electron chi connectivity index (χ4n) is 2.28. The summed E-state index contributed by atoms with van der Waals surface area (Å²) in [6.07, 6.45) is 1.82. The minimum Gasteiger partial charge on any atom is -0.486 e. The summed E-state index contributed by atoms with van der Waals surface area (Å²) < 4.78 is 7.78. The van der Waals surface area contributed by atoms with Gasteiger partial charge in [-0.3, -0.25) is 4.57 Å². The second-order valence-corrected chi connectivity index (χ2v) is 7.27. The van der Waals surface area contributed by atoms with Crippen molar-refractivity contribution in [3.8, 4) is 5.75 Å². The molecule has 0 unspecified atom stereocenters. The minimum atomic E-state index is 0.308. The van der Waals surface area contributed by atoms with Crippen molar-refractivity contribution in [2.75, 3.05) is 0 Å². The number of thioether (sulfide) groups is 1. The smallest absolute Gasteiger partial charge is 0.191 e. The van der Waals surface area contributed by atoms with Gasteiger partial charge in [0, 0.05) is 22.3 Å². The Hall–Kier alpha value is -1.95. The highest BCUT2D eigenvalue weighted by atomic mass is 35.5. The van der Waals surface area contributed by atoms with E-state index in [1.54, 1.807) is 23.9 Å². The molecule has 0 N–H and O–H groups in total. The van der Waals surface area contributed by atoms with Gasteiger partial charge in [0.1, 0.15) is 12.4 Å². The van der Waals surface area contributed by atoms with Crippen LogP contribution in [0.5, 0.6) is 5.75 Å². The molecule has 3 aromatic rings. The molecule has 1 heterocycles. The van der Waals surface area contributed by atoms with E-state index in [1.807, 2.05) is 47.0 Å². The summed E-state index contributed by atoms with van der Waals surface area (Å²) >= 11 is 13.5. The quantitative estimate of drug-likeness (QED) is 0.358. The fourth-order valence-corrected chi connectivity index (χ4v) is 3.51. The highest BCUT2D eigenvalue weighted by Crippen LogP contribution is 2.24. The number of rotatable bonds is 8. The van der Waals surface area contributed by atoms with E-state index in [1.165, 1.54) is 5.56 Å². The molecule has 0 saturated heterocycles. The third-order valence-corrected chi connectivity index (χ3v) is 5.08. The van der Waals surface area contributed by atoms with Crippen LogP contribution in [0, 0.1) is 0 Å². The highest BCUT2D eigenvalue weighted by Gasteiger charge is 2.12. The summed E-state index contributed by atoms with van der Waals surface area (Å²) in [4.78, 5) is 0. The molecule has 0 fully saturated rings. The van der Waals surface area contributed by atoms with Crippen molar-refractivity contribution < 1.29 is 4.74 Å². The largest absolute Gasteiger partial charge is 0.486 e. The normalized spacial score (nSPS) is 10.7. The van der Waals surface area contributed by atoms with Crippen LogP contribution in [0.4, 0.5) is 0 Å². The number of nitrogens with zero attached hydrogens (tertiary/aromatic N) is 3. The molecule has 0 bridgehead atoms. The van der Waals surface area contributed by atoms with Gasteiger partial charge >= 0.3 is 0 Å². The molecular weight excluding hydrogens is 389 g/mol. The zero-order valence-electron chi connectivity index (χ0n) is 13.9. The van der Waals surface area contributed by atoms with E-state index in [4.69, 9.17) is 27.9 Å². The number of aromatic nitrogens is 3. The van der Waals surface area contributed by atoms with Crippen molar-refractivity contribution in [2.45, 2.75) is 24.1 Å². The zero-order valence-corrected chi connectivity index (χ0v) is 16.3. The van der Waals surface area contributed by atoms with Gasteiger partial charge in [0.05, 0.1) is 0 Å². The van der Waals surface area contributed by atoms with E-state index in [2.05, 4.69) is 16.8 Å². The molecule has 0 atom stereocenters. The first-order valence-corrected chi connectivity index (χ1v) is 9.68. The van der Waals surface area contributed by atoms with E-state index >= 15 is 0 Å². The van der Waals surface area contributed by atoms with Crippen molar-refractivity contribution in [1.29, 1.82) is 0 Å². The first kappa shape index (κ1) is 18.8. The monoisotopic (exact) mass is 405 g/mol. The van der Waals surface area contributed by atoms with Crippen LogP contribution in [0.3, 0.4) is 0 Å². The number of hydrogen-bond acceptors (Lipinski definition) is 4. The topological polar surface area (TPSA) is 39.9 Å². The molecule has 0 aliphatic heterocycles. The first-order chi connectivity index (χ1) is 12.7. The predicted octanol–water partition coefficient (Wildman–Crippen LogP) is 5.64. The summed E-state index contributed by atoms with van der Waals surface area (Å²) in [5.74, 6) is 2.21. The van der Waals surface area contributed by atoms with Crippen LogP contribution in [-0.4, -0.2) is 14.8 Å². The van der Waals surface area contributed by atoms with Crippen molar-refractivity contribution in [2.24, 2.45) is 0 Å². The Balaban J connectivity index is 1.68. The first-order valence-electron chi connectivity index (χ1n) is 7.94. The van der Waals surface area contributed by atoms with Gasteiger partial charge in [-0.05, 0) is 35.9 Å². The molecule has 0 aliphatic carbocycles. The summed E-state index contributed by atoms with van der Waals surface area (Å²) in [6.45, 7) is 4.74. The van der Waals surface area contributed by atoms with Crippen LogP contribution in [0.1, 0.15) is 11.4 Å². The lowest BCUT2D eigenvalue weighted by Crippen LogP contribution is -2.07. The average Bonchev–Trinajstić information content (AvgIpc) is 3.02. The summed E-state index contributed by atoms with van der Waals surface area (Å²) in [6, 6.07) is 15.1. The van der Waals surface area contributed by atoms with Crippen LogP contribution < -0.4 is 4.74 Å². The van der Waals surface area contributed by atoms with Crippen LogP contribution >= 0.6 is 35.0 Å². The van der Waals surface area contributed by atoms with Crippen molar-refractivity contribution >= 4 is 35.0 Å². The SMILES string of the molecule is C=CCn1c(COc2cccc(Cl)c2)nnc1SCc1ccc(Cl)cc1. The third-order valence-electron chi connectivity index (χ3n) is 3.55. The molecule has 1 aromatic heterocycles. The van der Waals surface area contributed by atoms with Gasteiger partial charge in [0.2, 0.25) is 0 Å². The minimum absolute atomic E-state index is 0.308. The van der Waals surface area contributed by atoms with E-state index < -0.39 is 0 Å². The Morgan fingerprint density at radius 1 is 1.08 bits per heavy atom. The predicted molar refractivity (Wildman–Crippen MR) is 107 cm³/mol. The second-order valence-electron chi connectivity index (χ2n) is 5.46. The molecule has 0 aliphatic rings. The maximum absolute atomic E-state index is 5.98. The molecule has 134 valence electrons. The molecule has 0 radical (unpaired) electrons. The van der Waals surface area contributed by atoms with E-state index in [0.29, 0.717) is 23.9 Å². The van der Waals surface area contributed by atoms with Gasteiger partial charge in [-0.25, -0.2) is 0 Å². The Morgan fingerprint density at radius 2 is 1.88 bits per heavy atom. The Bertz CT molecular complexity index is 881. The Labute approximate surface area is 166 Å². The van der Waals surface area contributed by atoms with Gasteiger partial charge in [-0.15, -0.1) is 16.8 Å². The second kappa shape index (κ2) is 9.12. The van der Waals surface area contributed by atoms with Crippen LogP contribution in [0.2, 0.25) is 10.0 Å². The maximum Gasteiger partial charge on any atom is 0.191 e. The number of benzene rings is 2. The third kappa shape index (κ3) is 5.04. The summed E-state index contributed by atoms with van der Waals surface area (Å²) in [5, 5.41) is 10.7. The van der Waals surface area contributed by atoms with Crippen molar-refractivity contribution in [3.63, 3.8) is 0 Å². The van der Waals surface area contributed by atoms with Crippen LogP contribution in [0.15, 0.2) is 66.3 Å². The van der Waals surface area contributed by atoms with Gasteiger partial charge in [0.25, 0.3) is 0 Å². The molecular formula is C19H17Cl2N3OS. The molecule has 4 nitrogen and oxygen atoms in total. The Morgan fingerprint density at radius 3 is 2.62 bits per heavy atom. The molecule has 0 saturated carbocycles. The van der Waals surface area contributed by atoms with Crippen LogP contribution in [-0.2, 0) is 18.9 Å². The molecule has 3 rings (SSSR count). The van der Waals surface area contributed by atoms with Gasteiger partial charge < -0.3 is 4.74 Å². The fraction of sp³-hybridized carbons (Fsp3) is 0.158. The highest BCUT2D eigenvalue weighted by molar-refractivity contribution is 7.98. The summed E-state index contributed by atoms with van der Waals surface area (Å²) in [7, 11) is 0. The number of ether oxygens (including phenoxy) is 1. The standard InChI is InChI=1S/C19H17Cl2N3OS/c1-2-10-24-18(12-25-17-5-3-4-16(21)11-17)22-23-19(24)26-13-14-6-8-15(20)9-7-14/h2-9,11H,1,10,12-13H2. The van der Waals surface area contributed by atoms with Gasteiger partial charge in [0.15, 0.2) is 11.0 Å². The van der Waals surface area contributed by atoms with E-state index in [0.717, 1.165) is 21.8 Å². The molecule has 0 spiro atoms. The number of halogens is 2. The van der Waals surface area contributed by atoms with Crippen molar-refractivity contribution in [3.05, 3.63) is 82.6 Å². The van der Waals surface area contributed by atoms with E-state index in [9.17, 15) is 0 Å². The average molecular weight is 406 g/mol. The molecule has 0 amide bonds. The summed E-state index contributed by atoms with van der Waals surface area (Å²) in [5.41, 5.74) is 1.17. The lowest BCUT2D eigenvalue weighted by Gasteiger charge is -2.09. The molecule has 2 aromatic carbocycles. The van der Waals surface area contributed by atoms with Gasteiger partial charge in [-0.2, -0.15) is 0 Å². The zero-order chi connectivity index (χ0) is 18.4. The Kier molecular flexibility index (Phi) is 6.61. The molecule has 7 heteroatoms. The number of hydrogen-bond donors (Lipinski definition) is 0. The number of allylic oxidation sites excluding steroid dienone is 1. The van der Waals surface area contributed by atoms with E-state index in [-0.39, 0.29) is 0 Å². The van der Waals surface area contributed by atoms with Gasteiger partial charge in [-0.1, -0.05) is 59.2 Å². The molecule has 26 heavy (non-hydrogen) atoms. The lowest BCUT2D eigenvalue weighted by molar-refractivity contribution is 0.289. The van der Waals surface area contributed by atoms with Crippen molar-refractivity contribution in [1.82, 2.24) is 14.8 Å². The lowest BCUT2D eigenvalue weighted by atomic mass is 10.2. The van der Waals surface area contributed by atoms with Crippen LogP contribution in [0.25, 0.3) is 0 Å². The maximum atomic E-state index is 5.98.